The first kappa shape index (κ1) is 24.2. The molecule has 33 heavy (non-hydrogen) atoms. The molecule has 1 aromatic heterocycles. The molecular formula is C26H30FN3O3. The summed E-state index contributed by atoms with van der Waals surface area (Å²) in [5, 5.41) is 13.2. The number of nitrogens with one attached hydrogen (secondary N) is 1. The van der Waals surface area contributed by atoms with Gasteiger partial charge in [-0.2, -0.15) is 0 Å². The Kier molecular flexibility index (Phi) is 7.31. The van der Waals surface area contributed by atoms with Crippen molar-refractivity contribution in [3.05, 3.63) is 75.1 Å². The van der Waals surface area contributed by atoms with Gasteiger partial charge < -0.3 is 10.4 Å². The molecule has 0 aliphatic heterocycles. The molecule has 6 nitrogen and oxygen atoms in total. The molecule has 1 unspecified atom stereocenters. The minimum absolute atomic E-state index is 0.127. The average molecular weight is 452 g/mol. The molecule has 0 amide bonds. The fourth-order valence-corrected chi connectivity index (χ4v) is 4.12. The van der Waals surface area contributed by atoms with E-state index < -0.39 is 11.8 Å². The molecule has 0 aliphatic rings. The van der Waals surface area contributed by atoms with E-state index in [1.165, 1.54) is 12.1 Å². The molecule has 1 atom stereocenters. The summed E-state index contributed by atoms with van der Waals surface area (Å²) < 4.78 is 15.2. The number of aromatic carboxylic acids is 1. The molecule has 0 bridgehead atoms. The van der Waals surface area contributed by atoms with Crippen LogP contribution in [0.1, 0.15) is 73.4 Å². The first-order valence-electron chi connectivity index (χ1n) is 11.2. The number of fused-ring (bicyclic) bond motifs is 1. The Hall–Kier alpha value is -3.48. The molecule has 3 rings (SSSR count). The van der Waals surface area contributed by atoms with Crippen LogP contribution in [0.5, 0.6) is 0 Å². The van der Waals surface area contributed by atoms with E-state index in [9.17, 15) is 19.1 Å². The summed E-state index contributed by atoms with van der Waals surface area (Å²) in [6.07, 6.45) is 4.68. The number of rotatable bonds is 8. The Balaban J connectivity index is 2.20. The number of carboxylic acid groups (broad SMARTS) is 1. The van der Waals surface area contributed by atoms with E-state index in [0.717, 1.165) is 42.0 Å². The molecule has 0 spiro atoms. The lowest BCUT2D eigenvalue weighted by atomic mass is 10.00. The van der Waals surface area contributed by atoms with Gasteiger partial charge in [-0.25, -0.2) is 14.2 Å². The van der Waals surface area contributed by atoms with Crippen molar-refractivity contribution in [1.82, 2.24) is 9.55 Å². The molecule has 0 saturated heterocycles. The van der Waals surface area contributed by atoms with Gasteiger partial charge in [0, 0.05) is 18.3 Å². The highest BCUT2D eigenvalue weighted by Gasteiger charge is 2.20. The van der Waals surface area contributed by atoms with Crippen molar-refractivity contribution >= 4 is 28.1 Å². The zero-order chi connectivity index (χ0) is 24.3. The van der Waals surface area contributed by atoms with Crippen molar-refractivity contribution in [1.29, 1.82) is 0 Å². The number of nitrogens with zero attached hydrogens (tertiary/aromatic N) is 2. The monoisotopic (exact) mass is 451 g/mol. The van der Waals surface area contributed by atoms with Gasteiger partial charge in [0.2, 0.25) is 0 Å². The Morgan fingerprint density at radius 3 is 2.64 bits per heavy atom. The van der Waals surface area contributed by atoms with Crippen molar-refractivity contribution < 1.29 is 14.3 Å². The summed E-state index contributed by atoms with van der Waals surface area (Å²) in [5.41, 5.74) is 3.30. The second-order valence-electron chi connectivity index (χ2n) is 8.30. The van der Waals surface area contributed by atoms with Gasteiger partial charge in [0.25, 0.3) is 5.56 Å². The molecule has 0 saturated carbocycles. The van der Waals surface area contributed by atoms with Crippen LogP contribution >= 0.6 is 0 Å². The second kappa shape index (κ2) is 9.98. The van der Waals surface area contributed by atoms with E-state index in [4.69, 9.17) is 4.98 Å². The number of hydrogen-bond donors (Lipinski definition) is 2. The molecule has 0 radical (unpaired) electrons. The summed E-state index contributed by atoms with van der Waals surface area (Å²) >= 11 is 0. The number of allylic oxidation sites excluding steroid dienone is 2. The third-order valence-electron chi connectivity index (χ3n) is 5.66. The van der Waals surface area contributed by atoms with E-state index in [2.05, 4.69) is 25.2 Å². The third-order valence-corrected chi connectivity index (χ3v) is 5.66. The van der Waals surface area contributed by atoms with Crippen LogP contribution in [0.25, 0.3) is 16.5 Å². The van der Waals surface area contributed by atoms with Crippen molar-refractivity contribution in [2.45, 2.75) is 53.0 Å². The second-order valence-corrected chi connectivity index (χ2v) is 8.30. The maximum Gasteiger partial charge on any atom is 0.337 e. The Labute approximate surface area is 192 Å². The molecule has 3 aromatic rings. The highest BCUT2D eigenvalue weighted by molar-refractivity contribution is 5.94. The molecular weight excluding hydrogens is 421 g/mol. The molecule has 2 aromatic carbocycles. The lowest BCUT2D eigenvalue weighted by molar-refractivity contribution is 0.0697. The van der Waals surface area contributed by atoms with Crippen LogP contribution in [0.2, 0.25) is 0 Å². The number of aryl methyl sites for hydroxylation is 1. The standard InChI is InChI=1S/C26H30FN3O3/c1-6-8-17(9-7-2)24-29-23-19(12-15(3)13-21(23)25(31)30(24)5)16(4)28-22-11-10-18(27)14-20(22)26(32)33/h8,10-14,16,28H,6-7,9H2,1-5H3,(H,32,33)/b17-8+. The molecule has 174 valence electrons. The maximum atomic E-state index is 13.6. The first-order chi connectivity index (χ1) is 15.7. The lowest BCUT2D eigenvalue weighted by Crippen LogP contribution is -2.23. The number of benzene rings is 2. The number of halogens is 1. The molecule has 1 heterocycles. The highest BCUT2D eigenvalue weighted by atomic mass is 19.1. The van der Waals surface area contributed by atoms with Crippen molar-refractivity contribution in [3.63, 3.8) is 0 Å². The van der Waals surface area contributed by atoms with Gasteiger partial charge >= 0.3 is 5.97 Å². The fourth-order valence-electron chi connectivity index (χ4n) is 4.12. The normalized spacial score (nSPS) is 12.7. The Morgan fingerprint density at radius 2 is 2.00 bits per heavy atom. The van der Waals surface area contributed by atoms with Gasteiger partial charge in [-0.05, 0) is 62.1 Å². The fraction of sp³-hybridized carbons (Fsp3) is 0.346. The summed E-state index contributed by atoms with van der Waals surface area (Å²) in [7, 11) is 1.74. The van der Waals surface area contributed by atoms with Crippen LogP contribution in [0.4, 0.5) is 10.1 Å². The van der Waals surface area contributed by atoms with Crippen LogP contribution in [0.15, 0.2) is 41.2 Å². The van der Waals surface area contributed by atoms with E-state index in [1.54, 1.807) is 11.6 Å². The van der Waals surface area contributed by atoms with Gasteiger partial charge in [-0.3, -0.25) is 9.36 Å². The van der Waals surface area contributed by atoms with Gasteiger partial charge in [0.05, 0.1) is 22.5 Å². The summed E-state index contributed by atoms with van der Waals surface area (Å²) in [6.45, 7) is 7.92. The maximum absolute atomic E-state index is 13.6. The largest absolute Gasteiger partial charge is 0.478 e. The number of carbonyl (C=O) groups is 1. The van der Waals surface area contributed by atoms with Gasteiger partial charge in [0.15, 0.2) is 0 Å². The minimum Gasteiger partial charge on any atom is -0.478 e. The van der Waals surface area contributed by atoms with Crippen LogP contribution < -0.4 is 10.9 Å². The minimum atomic E-state index is -1.22. The van der Waals surface area contributed by atoms with E-state index in [1.807, 2.05) is 26.0 Å². The highest BCUT2D eigenvalue weighted by Crippen LogP contribution is 2.29. The topological polar surface area (TPSA) is 84.2 Å². The molecule has 0 aliphatic carbocycles. The van der Waals surface area contributed by atoms with Crippen molar-refractivity contribution in [2.24, 2.45) is 7.05 Å². The van der Waals surface area contributed by atoms with Gasteiger partial charge in [0.1, 0.15) is 11.6 Å². The smallest absolute Gasteiger partial charge is 0.337 e. The van der Waals surface area contributed by atoms with E-state index in [-0.39, 0.29) is 17.2 Å². The zero-order valence-corrected chi connectivity index (χ0v) is 19.7. The SMILES string of the molecule is CC/C=C(\CCC)c1nc2c(C(C)Nc3ccc(F)cc3C(=O)O)cc(C)cc2c(=O)n1C. The predicted octanol–water partition coefficient (Wildman–Crippen LogP) is 5.85. The van der Waals surface area contributed by atoms with Crippen LogP contribution in [-0.2, 0) is 7.05 Å². The van der Waals surface area contributed by atoms with Gasteiger partial charge in [-0.15, -0.1) is 0 Å². The first-order valence-corrected chi connectivity index (χ1v) is 11.2. The summed E-state index contributed by atoms with van der Waals surface area (Å²) in [6, 6.07) is 7.01. The lowest BCUT2D eigenvalue weighted by Gasteiger charge is -2.21. The summed E-state index contributed by atoms with van der Waals surface area (Å²) in [4.78, 5) is 29.8. The number of hydrogen-bond acceptors (Lipinski definition) is 4. The van der Waals surface area contributed by atoms with Crippen LogP contribution in [-0.4, -0.2) is 20.6 Å². The number of aromatic nitrogens is 2. The Bertz CT molecular complexity index is 1290. The third kappa shape index (κ3) is 4.97. The number of carboxylic acids is 1. The van der Waals surface area contributed by atoms with Crippen LogP contribution in [0, 0.1) is 12.7 Å². The summed E-state index contributed by atoms with van der Waals surface area (Å²) in [5.74, 6) is -1.20. The van der Waals surface area contributed by atoms with Crippen molar-refractivity contribution in [3.8, 4) is 0 Å². The molecule has 0 fully saturated rings. The number of anilines is 1. The van der Waals surface area contributed by atoms with Crippen molar-refractivity contribution in [2.75, 3.05) is 5.32 Å². The predicted molar refractivity (Wildman–Crippen MR) is 130 cm³/mol. The average Bonchev–Trinajstić information content (AvgIpc) is 2.77. The quantitative estimate of drug-likeness (QED) is 0.449. The van der Waals surface area contributed by atoms with E-state index >= 15 is 0 Å². The Morgan fingerprint density at radius 1 is 1.27 bits per heavy atom. The zero-order valence-electron chi connectivity index (χ0n) is 19.7. The molecule has 2 N–H and O–H groups in total. The van der Waals surface area contributed by atoms with Gasteiger partial charge in [-0.1, -0.05) is 32.4 Å². The molecule has 7 heteroatoms. The van der Waals surface area contributed by atoms with Crippen LogP contribution in [0.3, 0.4) is 0 Å². The van der Waals surface area contributed by atoms with E-state index in [0.29, 0.717) is 22.4 Å².